The summed E-state index contributed by atoms with van der Waals surface area (Å²) in [6.45, 7) is 0.588. The standard InChI is InChI=1S/C16H20BrNO3/c1-18(10-11-2-8-14(17)9-3-11)15(19)12-4-6-13(7-5-12)16(20)21/h2-3,8-9,12-13H,4-7,10H2,1H3,(H,20,21). The molecule has 0 bridgehead atoms. The average Bonchev–Trinajstić information content (AvgIpc) is 2.49. The van der Waals surface area contributed by atoms with E-state index < -0.39 is 5.97 Å². The number of nitrogens with zero attached hydrogens (tertiary/aromatic N) is 1. The summed E-state index contributed by atoms with van der Waals surface area (Å²) in [5.41, 5.74) is 1.09. The van der Waals surface area contributed by atoms with Crippen molar-refractivity contribution in [1.82, 2.24) is 4.90 Å². The van der Waals surface area contributed by atoms with Gasteiger partial charge >= 0.3 is 5.97 Å². The maximum atomic E-state index is 12.4. The van der Waals surface area contributed by atoms with Gasteiger partial charge in [-0.3, -0.25) is 9.59 Å². The Morgan fingerprint density at radius 2 is 1.67 bits per heavy atom. The van der Waals surface area contributed by atoms with Crippen molar-refractivity contribution in [2.24, 2.45) is 11.8 Å². The first-order valence-corrected chi connectivity index (χ1v) is 7.99. The highest BCUT2D eigenvalue weighted by atomic mass is 79.9. The van der Waals surface area contributed by atoms with Gasteiger partial charge in [-0.15, -0.1) is 0 Å². The molecule has 0 saturated heterocycles. The molecule has 0 spiro atoms. The second-order valence-electron chi connectivity index (χ2n) is 5.71. The summed E-state index contributed by atoms with van der Waals surface area (Å²) in [5, 5.41) is 8.99. The second kappa shape index (κ2) is 7.07. The van der Waals surface area contributed by atoms with Crippen LogP contribution in [0.15, 0.2) is 28.7 Å². The molecular weight excluding hydrogens is 334 g/mol. The number of carboxylic acid groups (broad SMARTS) is 1. The first kappa shape index (κ1) is 16.0. The second-order valence-corrected chi connectivity index (χ2v) is 6.62. The molecule has 0 aliphatic heterocycles. The highest BCUT2D eigenvalue weighted by Gasteiger charge is 2.31. The largest absolute Gasteiger partial charge is 0.481 e. The zero-order chi connectivity index (χ0) is 15.4. The van der Waals surface area contributed by atoms with Gasteiger partial charge in [-0.1, -0.05) is 28.1 Å². The van der Waals surface area contributed by atoms with Crippen LogP contribution in [0.3, 0.4) is 0 Å². The number of hydrogen-bond acceptors (Lipinski definition) is 2. The molecular formula is C16H20BrNO3. The lowest BCUT2D eigenvalue weighted by Crippen LogP contribution is -2.35. The van der Waals surface area contributed by atoms with E-state index in [-0.39, 0.29) is 17.7 Å². The van der Waals surface area contributed by atoms with E-state index >= 15 is 0 Å². The molecule has 4 nitrogen and oxygen atoms in total. The minimum absolute atomic E-state index is 0.0268. The Morgan fingerprint density at radius 1 is 1.14 bits per heavy atom. The maximum absolute atomic E-state index is 12.4. The third kappa shape index (κ3) is 4.30. The first-order chi connectivity index (χ1) is 9.97. The van der Waals surface area contributed by atoms with Crippen LogP contribution in [-0.4, -0.2) is 28.9 Å². The number of benzene rings is 1. The zero-order valence-electron chi connectivity index (χ0n) is 12.1. The van der Waals surface area contributed by atoms with Gasteiger partial charge in [-0.05, 0) is 43.4 Å². The summed E-state index contributed by atoms with van der Waals surface area (Å²) < 4.78 is 1.02. The first-order valence-electron chi connectivity index (χ1n) is 7.19. The molecule has 1 aliphatic carbocycles. The van der Waals surface area contributed by atoms with Crippen LogP contribution >= 0.6 is 15.9 Å². The molecule has 0 atom stereocenters. The topological polar surface area (TPSA) is 57.6 Å². The molecule has 21 heavy (non-hydrogen) atoms. The molecule has 1 saturated carbocycles. The van der Waals surface area contributed by atoms with Crippen LogP contribution in [0.5, 0.6) is 0 Å². The summed E-state index contributed by atoms with van der Waals surface area (Å²) in [6.07, 6.45) is 2.58. The minimum Gasteiger partial charge on any atom is -0.481 e. The van der Waals surface area contributed by atoms with Crippen molar-refractivity contribution in [3.8, 4) is 0 Å². The molecule has 5 heteroatoms. The Hall–Kier alpha value is -1.36. The van der Waals surface area contributed by atoms with Gasteiger partial charge in [0.1, 0.15) is 0 Å². The van der Waals surface area contributed by atoms with Crippen molar-refractivity contribution >= 4 is 27.8 Å². The summed E-state index contributed by atoms with van der Waals surface area (Å²) >= 11 is 3.39. The molecule has 1 fully saturated rings. The van der Waals surface area contributed by atoms with E-state index in [2.05, 4.69) is 15.9 Å². The molecule has 0 aromatic heterocycles. The van der Waals surface area contributed by atoms with Crippen molar-refractivity contribution in [2.45, 2.75) is 32.2 Å². The van der Waals surface area contributed by atoms with Crippen LogP contribution in [0.1, 0.15) is 31.2 Å². The fraction of sp³-hybridized carbons (Fsp3) is 0.500. The Bertz CT molecular complexity index is 507. The number of carbonyl (C=O) groups is 2. The maximum Gasteiger partial charge on any atom is 0.306 e. The number of rotatable bonds is 4. The monoisotopic (exact) mass is 353 g/mol. The lowest BCUT2D eigenvalue weighted by Gasteiger charge is -2.29. The molecule has 1 aromatic carbocycles. The van der Waals surface area contributed by atoms with Crippen LogP contribution in [0.25, 0.3) is 0 Å². The summed E-state index contributed by atoms with van der Waals surface area (Å²) in [7, 11) is 1.81. The van der Waals surface area contributed by atoms with E-state index in [4.69, 9.17) is 5.11 Å². The van der Waals surface area contributed by atoms with Crippen molar-refractivity contribution < 1.29 is 14.7 Å². The normalized spacial score (nSPS) is 21.8. The number of carbonyl (C=O) groups excluding carboxylic acids is 1. The fourth-order valence-electron chi connectivity index (χ4n) is 2.84. The third-order valence-corrected chi connectivity index (χ3v) is 4.66. The van der Waals surface area contributed by atoms with Gasteiger partial charge < -0.3 is 10.0 Å². The van der Waals surface area contributed by atoms with E-state index in [1.807, 2.05) is 31.3 Å². The van der Waals surface area contributed by atoms with Crippen molar-refractivity contribution in [2.75, 3.05) is 7.05 Å². The van der Waals surface area contributed by atoms with Gasteiger partial charge in [0.15, 0.2) is 0 Å². The van der Waals surface area contributed by atoms with Crippen LogP contribution in [0, 0.1) is 11.8 Å². The molecule has 1 amide bonds. The van der Waals surface area contributed by atoms with E-state index in [0.717, 1.165) is 10.0 Å². The smallest absolute Gasteiger partial charge is 0.306 e. The van der Waals surface area contributed by atoms with E-state index in [1.54, 1.807) is 4.90 Å². The third-order valence-electron chi connectivity index (χ3n) is 4.13. The van der Waals surface area contributed by atoms with Gasteiger partial charge in [0, 0.05) is 24.0 Å². The minimum atomic E-state index is -0.732. The molecule has 1 N–H and O–H groups in total. The lowest BCUT2D eigenvalue weighted by molar-refractivity contribution is -0.145. The molecule has 114 valence electrons. The van der Waals surface area contributed by atoms with E-state index in [0.29, 0.717) is 32.2 Å². The van der Waals surface area contributed by atoms with E-state index in [1.165, 1.54) is 0 Å². The van der Waals surface area contributed by atoms with Crippen molar-refractivity contribution in [3.05, 3.63) is 34.3 Å². The average molecular weight is 354 g/mol. The van der Waals surface area contributed by atoms with E-state index in [9.17, 15) is 9.59 Å². The van der Waals surface area contributed by atoms with Gasteiger partial charge in [0.2, 0.25) is 5.91 Å². The SMILES string of the molecule is CN(Cc1ccc(Br)cc1)C(=O)C1CCC(C(=O)O)CC1. The molecule has 1 aromatic rings. The van der Waals surface area contributed by atoms with Crippen LogP contribution in [0.2, 0.25) is 0 Å². The number of aliphatic carboxylic acids is 1. The van der Waals surface area contributed by atoms with Crippen molar-refractivity contribution in [3.63, 3.8) is 0 Å². The molecule has 0 unspecified atom stereocenters. The summed E-state index contributed by atoms with van der Waals surface area (Å²) in [6, 6.07) is 7.92. The van der Waals surface area contributed by atoms with Crippen LogP contribution in [0.4, 0.5) is 0 Å². The lowest BCUT2D eigenvalue weighted by atomic mass is 9.81. The zero-order valence-corrected chi connectivity index (χ0v) is 13.7. The quantitative estimate of drug-likeness (QED) is 0.903. The Balaban J connectivity index is 1.88. The number of halogens is 1. The van der Waals surface area contributed by atoms with Crippen molar-refractivity contribution in [1.29, 1.82) is 0 Å². The Morgan fingerprint density at radius 3 is 2.19 bits per heavy atom. The molecule has 2 rings (SSSR count). The van der Waals surface area contributed by atoms with Crippen LogP contribution in [-0.2, 0) is 16.1 Å². The van der Waals surface area contributed by atoms with Gasteiger partial charge in [0.05, 0.1) is 5.92 Å². The van der Waals surface area contributed by atoms with Gasteiger partial charge in [-0.25, -0.2) is 0 Å². The Labute approximate surface area is 133 Å². The number of carboxylic acids is 1. The highest BCUT2D eigenvalue weighted by Crippen LogP contribution is 2.30. The predicted octanol–water partition coefficient (Wildman–Crippen LogP) is 3.30. The highest BCUT2D eigenvalue weighted by molar-refractivity contribution is 9.10. The van der Waals surface area contributed by atoms with Crippen LogP contribution < -0.4 is 0 Å². The van der Waals surface area contributed by atoms with Gasteiger partial charge in [0.25, 0.3) is 0 Å². The number of hydrogen-bond donors (Lipinski definition) is 1. The fourth-order valence-corrected chi connectivity index (χ4v) is 3.10. The van der Waals surface area contributed by atoms with Gasteiger partial charge in [-0.2, -0.15) is 0 Å². The molecule has 0 heterocycles. The Kier molecular flexibility index (Phi) is 5.39. The molecule has 0 radical (unpaired) electrons. The predicted molar refractivity (Wildman–Crippen MR) is 83.7 cm³/mol. The summed E-state index contributed by atoms with van der Waals surface area (Å²) in [5.74, 6) is -0.905. The molecule has 1 aliphatic rings. The summed E-state index contributed by atoms with van der Waals surface area (Å²) in [4.78, 5) is 25.1. The number of amides is 1.